The second-order valence-electron chi connectivity index (χ2n) is 7.26. The van der Waals surface area contributed by atoms with Gasteiger partial charge in [-0.2, -0.15) is 5.06 Å². The molecule has 0 aliphatic carbocycles. The molecule has 1 N–H and O–H groups in total. The van der Waals surface area contributed by atoms with Gasteiger partial charge < -0.3 is 9.57 Å². The van der Waals surface area contributed by atoms with Crippen molar-refractivity contribution in [2.24, 2.45) is 0 Å². The molecule has 1 heterocycles. The Labute approximate surface area is 160 Å². The number of hydrogen-bond acceptors (Lipinski definition) is 6. The molecule has 1 fully saturated rings. The van der Waals surface area contributed by atoms with E-state index in [2.05, 4.69) is 0 Å². The van der Waals surface area contributed by atoms with Gasteiger partial charge in [-0.1, -0.05) is 6.07 Å². The molecule has 2 rings (SSSR count). The highest BCUT2D eigenvalue weighted by atomic mass is 16.7. The number of carbonyl (C=O) groups excluding carboxylic acids is 2. The van der Waals surface area contributed by atoms with Gasteiger partial charge in [0.1, 0.15) is 0 Å². The summed E-state index contributed by atoms with van der Waals surface area (Å²) in [6.07, 6.45) is 0.503. The van der Waals surface area contributed by atoms with Gasteiger partial charge in [-0.15, -0.1) is 0 Å². The van der Waals surface area contributed by atoms with Crippen molar-refractivity contribution in [1.82, 2.24) is 10.1 Å². The third-order valence-corrected chi connectivity index (χ3v) is 5.86. The van der Waals surface area contributed by atoms with Gasteiger partial charge in [0, 0.05) is 13.1 Å². The highest BCUT2D eigenvalue weighted by Crippen LogP contribution is 2.31. The van der Waals surface area contributed by atoms with E-state index in [0.717, 1.165) is 22.3 Å². The van der Waals surface area contributed by atoms with E-state index in [1.54, 1.807) is 12.2 Å². The lowest BCUT2D eigenvalue weighted by Gasteiger charge is -2.42. The van der Waals surface area contributed by atoms with E-state index in [9.17, 15) is 14.8 Å². The molecular formula is C20H30N2O5. The zero-order chi connectivity index (χ0) is 20.4. The summed E-state index contributed by atoms with van der Waals surface area (Å²) in [6.45, 7) is 8.82. The minimum absolute atomic E-state index is 0.0298. The average molecular weight is 378 g/mol. The van der Waals surface area contributed by atoms with E-state index < -0.39 is 17.4 Å². The molecule has 1 aromatic carbocycles. The molecule has 1 saturated heterocycles. The fourth-order valence-electron chi connectivity index (χ4n) is 3.81. The smallest absolute Gasteiger partial charge is 0.334 e. The van der Waals surface area contributed by atoms with Crippen LogP contribution in [0.2, 0.25) is 0 Å². The van der Waals surface area contributed by atoms with Gasteiger partial charge in [0.15, 0.2) is 5.54 Å². The van der Waals surface area contributed by atoms with Crippen LogP contribution in [0.5, 0.6) is 0 Å². The molecule has 0 radical (unpaired) electrons. The maximum atomic E-state index is 12.9. The summed E-state index contributed by atoms with van der Waals surface area (Å²) in [5.41, 5.74) is 3.83. The number of ether oxygens (including phenoxy) is 1. The normalized spacial score (nSPS) is 16.9. The number of benzene rings is 1. The van der Waals surface area contributed by atoms with Crippen molar-refractivity contribution < 1.29 is 24.4 Å². The van der Waals surface area contributed by atoms with Crippen molar-refractivity contribution >= 4 is 11.9 Å². The second-order valence-corrected chi connectivity index (χ2v) is 7.26. The van der Waals surface area contributed by atoms with Gasteiger partial charge in [0.25, 0.3) is 5.91 Å². The first-order valence-electron chi connectivity index (χ1n) is 9.13. The minimum Gasteiger partial charge on any atom is -0.467 e. The van der Waals surface area contributed by atoms with Gasteiger partial charge >= 0.3 is 5.97 Å². The molecule has 0 unspecified atom stereocenters. The Balaban J connectivity index is 2.29. The second kappa shape index (κ2) is 8.37. The van der Waals surface area contributed by atoms with Crippen molar-refractivity contribution in [2.45, 2.75) is 52.5 Å². The lowest BCUT2D eigenvalue weighted by atomic mass is 9.86. The summed E-state index contributed by atoms with van der Waals surface area (Å²) in [4.78, 5) is 30.6. The molecule has 7 nitrogen and oxygen atoms in total. The van der Waals surface area contributed by atoms with E-state index in [4.69, 9.17) is 9.57 Å². The quantitative estimate of drug-likeness (QED) is 0.481. The first kappa shape index (κ1) is 21.3. The van der Waals surface area contributed by atoms with E-state index >= 15 is 0 Å². The van der Waals surface area contributed by atoms with Crippen LogP contribution in [0.4, 0.5) is 0 Å². The Morgan fingerprint density at radius 2 is 1.70 bits per heavy atom. The number of aryl methyl sites for hydroxylation is 2. The maximum absolute atomic E-state index is 12.9. The van der Waals surface area contributed by atoms with Gasteiger partial charge in [-0.25, -0.2) is 9.86 Å². The fourth-order valence-corrected chi connectivity index (χ4v) is 3.81. The van der Waals surface area contributed by atoms with Gasteiger partial charge in [0.05, 0.1) is 20.6 Å². The predicted octanol–water partition coefficient (Wildman–Crippen LogP) is 2.25. The zero-order valence-corrected chi connectivity index (χ0v) is 17.1. The minimum atomic E-state index is -1.39. The number of piperidine rings is 1. The first-order chi connectivity index (χ1) is 12.7. The molecule has 1 aliphatic heterocycles. The molecular weight excluding hydrogens is 348 g/mol. The van der Waals surface area contributed by atoms with Crippen LogP contribution in [0.25, 0.3) is 0 Å². The van der Waals surface area contributed by atoms with Crippen LogP contribution in [-0.4, -0.2) is 60.1 Å². The first-order valence-corrected chi connectivity index (χ1v) is 9.13. The van der Waals surface area contributed by atoms with Crippen LogP contribution in [0, 0.1) is 27.7 Å². The SMILES string of the molecule is COC(=O)C1(N(O)C(=O)Cc2c(C)cc(C)c(C)c2C)CCN(OC)CC1. The lowest BCUT2D eigenvalue weighted by Crippen LogP contribution is -2.61. The van der Waals surface area contributed by atoms with Gasteiger partial charge in [-0.3, -0.25) is 10.0 Å². The largest absolute Gasteiger partial charge is 0.467 e. The van der Waals surface area contributed by atoms with E-state index in [-0.39, 0.29) is 19.3 Å². The lowest BCUT2D eigenvalue weighted by molar-refractivity contribution is -0.228. The molecule has 27 heavy (non-hydrogen) atoms. The number of esters is 1. The maximum Gasteiger partial charge on any atom is 0.334 e. The number of carbonyl (C=O) groups is 2. The van der Waals surface area contributed by atoms with Crippen molar-refractivity contribution in [3.63, 3.8) is 0 Å². The Hall–Kier alpha value is -1.96. The molecule has 0 atom stereocenters. The molecule has 1 amide bonds. The zero-order valence-electron chi connectivity index (χ0n) is 17.1. The van der Waals surface area contributed by atoms with Crippen molar-refractivity contribution in [1.29, 1.82) is 0 Å². The summed E-state index contributed by atoms with van der Waals surface area (Å²) in [7, 11) is 2.82. The number of methoxy groups -OCH3 is 1. The summed E-state index contributed by atoms with van der Waals surface area (Å²) in [6, 6.07) is 2.04. The topological polar surface area (TPSA) is 79.3 Å². The van der Waals surface area contributed by atoms with Gasteiger partial charge in [0.2, 0.25) is 0 Å². The summed E-state index contributed by atoms with van der Waals surface area (Å²) in [5, 5.41) is 13.0. The molecule has 150 valence electrons. The summed E-state index contributed by atoms with van der Waals surface area (Å²) < 4.78 is 4.91. The van der Waals surface area contributed by atoms with Crippen LogP contribution in [0.15, 0.2) is 6.07 Å². The monoisotopic (exact) mass is 378 g/mol. The fraction of sp³-hybridized carbons (Fsp3) is 0.600. The van der Waals surface area contributed by atoms with Crippen LogP contribution in [0.3, 0.4) is 0 Å². The number of amides is 1. The molecule has 0 spiro atoms. The average Bonchev–Trinajstić information content (AvgIpc) is 2.68. The van der Waals surface area contributed by atoms with E-state index in [1.807, 2.05) is 33.8 Å². The van der Waals surface area contributed by atoms with Crippen molar-refractivity contribution in [2.75, 3.05) is 27.3 Å². The Bertz CT molecular complexity index is 724. The highest BCUT2D eigenvalue weighted by molar-refractivity contribution is 5.88. The number of hydrogen-bond donors (Lipinski definition) is 1. The molecule has 0 saturated carbocycles. The van der Waals surface area contributed by atoms with Crippen LogP contribution in [0.1, 0.15) is 40.7 Å². The summed E-state index contributed by atoms with van der Waals surface area (Å²) >= 11 is 0. The molecule has 7 heteroatoms. The van der Waals surface area contributed by atoms with Crippen LogP contribution < -0.4 is 0 Å². The number of rotatable bonds is 5. The molecule has 1 aromatic rings. The van der Waals surface area contributed by atoms with Crippen molar-refractivity contribution in [3.8, 4) is 0 Å². The van der Waals surface area contributed by atoms with Crippen LogP contribution in [-0.2, 0) is 25.6 Å². The summed E-state index contributed by atoms with van der Waals surface area (Å²) in [5.74, 6) is -1.12. The number of nitrogens with zero attached hydrogens (tertiary/aromatic N) is 2. The Morgan fingerprint density at radius 1 is 1.11 bits per heavy atom. The van der Waals surface area contributed by atoms with Gasteiger partial charge in [-0.05, 0) is 68.4 Å². The number of hydroxylamine groups is 4. The van der Waals surface area contributed by atoms with Crippen molar-refractivity contribution in [3.05, 3.63) is 33.9 Å². The molecule has 0 aromatic heterocycles. The molecule has 0 bridgehead atoms. The molecule has 1 aliphatic rings. The van der Waals surface area contributed by atoms with E-state index in [0.29, 0.717) is 18.2 Å². The standard InChI is InChI=1S/C20H30N2O5/c1-13-11-14(2)17(16(4)15(13)3)12-18(23)22(25)20(19(24)26-5)7-9-21(27-6)10-8-20/h11,25H,7-10,12H2,1-6H3. The van der Waals surface area contributed by atoms with E-state index in [1.165, 1.54) is 12.7 Å². The third kappa shape index (κ3) is 4.00. The highest BCUT2D eigenvalue weighted by Gasteiger charge is 2.49. The third-order valence-electron chi connectivity index (χ3n) is 5.86. The Kier molecular flexibility index (Phi) is 6.62. The predicted molar refractivity (Wildman–Crippen MR) is 100 cm³/mol. The Morgan fingerprint density at radius 3 is 2.22 bits per heavy atom. The van der Waals surface area contributed by atoms with Crippen LogP contribution >= 0.6 is 0 Å².